The minimum atomic E-state index is -0.281. The molecule has 0 amide bonds. The Labute approximate surface area is 82.7 Å². The summed E-state index contributed by atoms with van der Waals surface area (Å²) in [6, 6.07) is 2.93. The summed E-state index contributed by atoms with van der Waals surface area (Å²) in [5.74, 6) is -0.281. The molecule has 1 rings (SSSR count). The monoisotopic (exact) mass is 201 g/mol. The van der Waals surface area contributed by atoms with Crippen LogP contribution < -0.4 is 5.73 Å². The second-order valence-corrected chi connectivity index (χ2v) is 3.54. The number of aryl methyl sites for hydroxylation is 1. The molecule has 0 saturated carbocycles. The van der Waals surface area contributed by atoms with Gasteiger partial charge in [0.15, 0.2) is 0 Å². The molecule has 0 bridgehead atoms. The van der Waals surface area contributed by atoms with Crippen molar-refractivity contribution in [1.29, 1.82) is 0 Å². The third kappa shape index (κ3) is 2.20. The van der Waals surface area contributed by atoms with Gasteiger partial charge in [0.25, 0.3) is 0 Å². The van der Waals surface area contributed by atoms with E-state index in [-0.39, 0.29) is 11.9 Å². The average Bonchev–Trinajstić information content (AvgIpc) is 2.10. The van der Waals surface area contributed by atoms with Crippen molar-refractivity contribution < 1.29 is 4.39 Å². The molecule has 1 aromatic rings. The lowest BCUT2D eigenvalue weighted by molar-refractivity contribution is 0.614. The molecule has 13 heavy (non-hydrogen) atoms. The van der Waals surface area contributed by atoms with E-state index >= 15 is 0 Å². The molecule has 0 aliphatic carbocycles. The number of nitrogens with two attached hydrogens (primary N) is 1. The first kappa shape index (κ1) is 10.5. The van der Waals surface area contributed by atoms with Gasteiger partial charge in [0.05, 0.1) is 0 Å². The number of hydrogen-bond acceptors (Lipinski definition) is 1. The summed E-state index contributed by atoms with van der Waals surface area (Å²) < 4.78 is 13.0. The van der Waals surface area contributed by atoms with Crippen LogP contribution in [0.1, 0.15) is 30.5 Å². The van der Waals surface area contributed by atoms with Gasteiger partial charge in [-0.25, -0.2) is 4.39 Å². The maximum Gasteiger partial charge on any atom is 0.127 e. The molecule has 3 heteroatoms. The molecule has 0 unspecified atom stereocenters. The van der Waals surface area contributed by atoms with Gasteiger partial charge in [-0.1, -0.05) is 24.6 Å². The van der Waals surface area contributed by atoms with Gasteiger partial charge >= 0.3 is 0 Å². The maximum absolute atomic E-state index is 13.0. The summed E-state index contributed by atoms with van der Waals surface area (Å²) in [6.45, 7) is 3.68. The maximum atomic E-state index is 13.0. The highest BCUT2D eigenvalue weighted by Crippen LogP contribution is 2.26. The van der Waals surface area contributed by atoms with Gasteiger partial charge in [-0.05, 0) is 30.5 Å². The molecule has 1 atom stereocenters. The van der Waals surface area contributed by atoms with E-state index in [4.69, 9.17) is 17.3 Å². The zero-order valence-corrected chi connectivity index (χ0v) is 8.53. The molecule has 0 aliphatic rings. The Morgan fingerprint density at radius 1 is 1.54 bits per heavy atom. The summed E-state index contributed by atoms with van der Waals surface area (Å²) in [5.41, 5.74) is 7.22. The van der Waals surface area contributed by atoms with Crippen molar-refractivity contribution >= 4 is 11.6 Å². The third-order valence-corrected chi connectivity index (χ3v) is 2.44. The first-order valence-corrected chi connectivity index (χ1v) is 4.65. The van der Waals surface area contributed by atoms with Gasteiger partial charge in [-0.3, -0.25) is 0 Å². The Morgan fingerprint density at radius 2 is 2.15 bits per heavy atom. The van der Waals surface area contributed by atoms with Crippen molar-refractivity contribution in [1.82, 2.24) is 0 Å². The highest BCUT2D eigenvalue weighted by Gasteiger charge is 2.10. The Kier molecular flexibility index (Phi) is 3.28. The van der Waals surface area contributed by atoms with E-state index < -0.39 is 0 Å². The standard InChI is InChI=1S/C10H13ClFN/c1-3-10(13)7-4-6(2)9(12)5-8(7)11/h4-5,10H,3,13H2,1-2H3/t10-/m1/s1. The van der Waals surface area contributed by atoms with Crippen LogP contribution in [-0.4, -0.2) is 0 Å². The van der Waals surface area contributed by atoms with Crippen molar-refractivity contribution in [2.45, 2.75) is 26.3 Å². The molecule has 2 N–H and O–H groups in total. The Hall–Kier alpha value is -0.600. The number of rotatable bonds is 2. The molecule has 0 aliphatic heterocycles. The molecule has 0 saturated heterocycles. The van der Waals surface area contributed by atoms with Crippen LogP contribution in [-0.2, 0) is 0 Å². The van der Waals surface area contributed by atoms with Gasteiger partial charge in [-0.15, -0.1) is 0 Å². The van der Waals surface area contributed by atoms with E-state index in [9.17, 15) is 4.39 Å². The van der Waals surface area contributed by atoms with Crippen LogP contribution in [0.3, 0.4) is 0 Å². The van der Waals surface area contributed by atoms with Gasteiger partial charge < -0.3 is 5.73 Å². The summed E-state index contributed by atoms with van der Waals surface area (Å²) in [7, 11) is 0. The predicted molar refractivity (Wildman–Crippen MR) is 53.4 cm³/mol. The zero-order valence-electron chi connectivity index (χ0n) is 7.77. The summed E-state index contributed by atoms with van der Waals surface area (Å²) in [4.78, 5) is 0. The quantitative estimate of drug-likeness (QED) is 0.782. The van der Waals surface area contributed by atoms with Crippen LogP contribution in [0.2, 0.25) is 5.02 Å². The fourth-order valence-electron chi connectivity index (χ4n) is 1.18. The summed E-state index contributed by atoms with van der Waals surface area (Å²) in [5, 5.41) is 0.414. The van der Waals surface area contributed by atoms with Crippen molar-refractivity contribution in [3.8, 4) is 0 Å². The van der Waals surface area contributed by atoms with Crippen LogP contribution in [0.4, 0.5) is 4.39 Å². The molecule has 0 aromatic heterocycles. The minimum absolute atomic E-state index is 0.105. The largest absolute Gasteiger partial charge is 0.324 e. The van der Waals surface area contributed by atoms with E-state index in [1.165, 1.54) is 6.07 Å². The van der Waals surface area contributed by atoms with Crippen molar-refractivity contribution in [3.05, 3.63) is 34.1 Å². The molecule has 0 spiro atoms. The van der Waals surface area contributed by atoms with Crippen LogP contribution in [0.15, 0.2) is 12.1 Å². The summed E-state index contributed by atoms with van der Waals surface area (Å²) in [6.07, 6.45) is 0.796. The summed E-state index contributed by atoms with van der Waals surface area (Å²) >= 11 is 5.86. The molecule has 0 fully saturated rings. The Morgan fingerprint density at radius 3 is 2.69 bits per heavy atom. The van der Waals surface area contributed by atoms with E-state index in [0.29, 0.717) is 10.6 Å². The fraction of sp³-hybridized carbons (Fsp3) is 0.400. The van der Waals surface area contributed by atoms with Gasteiger partial charge in [0.2, 0.25) is 0 Å². The molecule has 0 radical (unpaired) electrons. The Balaban J connectivity index is 3.15. The zero-order chi connectivity index (χ0) is 10.0. The number of halogens is 2. The lowest BCUT2D eigenvalue weighted by atomic mass is 10.0. The Bertz CT molecular complexity index is 312. The highest BCUT2D eigenvalue weighted by atomic mass is 35.5. The molecule has 1 aromatic carbocycles. The van der Waals surface area contributed by atoms with Crippen LogP contribution in [0.25, 0.3) is 0 Å². The van der Waals surface area contributed by atoms with Crippen molar-refractivity contribution in [3.63, 3.8) is 0 Å². The van der Waals surface area contributed by atoms with E-state index in [1.54, 1.807) is 13.0 Å². The van der Waals surface area contributed by atoms with Crippen molar-refractivity contribution in [2.24, 2.45) is 5.73 Å². The van der Waals surface area contributed by atoms with Gasteiger partial charge in [0, 0.05) is 11.1 Å². The van der Waals surface area contributed by atoms with Crippen LogP contribution in [0, 0.1) is 12.7 Å². The first-order chi connectivity index (χ1) is 6.06. The lowest BCUT2D eigenvalue weighted by Gasteiger charge is -2.12. The van der Waals surface area contributed by atoms with Gasteiger partial charge in [-0.2, -0.15) is 0 Å². The molecule has 0 heterocycles. The van der Waals surface area contributed by atoms with E-state index in [2.05, 4.69) is 0 Å². The molecular formula is C10H13ClFN. The second kappa shape index (κ2) is 4.07. The van der Waals surface area contributed by atoms with E-state index in [0.717, 1.165) is 12.0 Å². The SMILES string of the molecule is CC[C@@H](N)c1cc(C)c(F)cc1Cl. The number of benzene rings is 1. The smallest absolute Gasteiger partial charge is 0.127 e. The fourth-order valence-corrected chi connectivity index (χ4v) is 1.47. The predicted octanol–water partition coefficient (Wildman–Crippen LogP) is 3.20. The van der Waals surface area contributed by atoms with Crippen molar-refractivity contribution in [2.75, 3.05) is 0 Å². The molecular weight excluding hydrogens is 189 g/mol. The number of hydrogen-bond donors (Lipinski definition) is 1. The topological polar surface area (TPSA) is 26.0 Å². The lowest BCUT2D eigenvalue weighted by Crippen LogP contribution is -2.09. The first-order valence-electron chi connectivity index (χ1n) is 4.27. The molecule has 1 nitrogen and oxygen atoms in total. The third-order valence-electron chi connectivity index (χ3n) is 2.12. The highest BCUT2D eigenvalue weighted by molar-refractivity contribution is 6.31. The van der Waals surface area contributed by atoms with Crippen LogP contribution >= 0.6 is 11.6 Å². The second-order valence-electron chi connectivity index (χ2n) is 3.14. The van der Waals surface area contributed by atoms with E-state index in [1.807, 2.05) is 6.92 Å². The normalized spacial score (nSPS) is 13.0. The van der Waals surface area contributed by atoms with Crippen LogP contribution in [0.5, 0.6) is 0 Å². The van der Waals surface area contributed by atoms with Gasteiger partial charge in [0.1, 0.15) is 5.82 Å². The average molecular weight is 202 g/mol. The minimum Gasteiger partial charge on any atom is -0.324 e. The molecule has 72 valence electrons.